The Kier molecular flexibility index (Phi) is 4.74. The maximum absolute atomic E-state index is 13.5. The van der Waals surface area contributed by atoms with Crippen LogP contribution < -0.4 is 15.8 Å². The minimum Gasteiger partial charge on any atom is -0.312 e. The van der Waals surface area contributed by atoms with Crippen molar-refractivity contribution in [3.8, 4) is 0 Å². The molecule has 0 aromatic heterocycles. The van der Waals surface area contributed by atoms with Gasteiger partial charge in [0.2, 0.25) is 11.8 Å². The van der Waals surface area contributed by atoms with E-state index in [1.807, 2.05) is 18.2 Å². The highest BCUT2D eigenvalue weighted by Gasteiger charge is 2.35. The second-order valence-corrected chi connectivity index (χ2v) is 5.66. The molecule has 1 aliphatic heterocycles. The molecular formula is C18H16FN3O3. The first-order valence-corrected chi connectivity index (χ1v) is 7.76. The number of halogens is 1. The summed E-state index contributed by atoms with van der Waals surface area (Å²) in [6, 6.07) is 14.5. The molecule has 2 aromatic carbocycles. The van der Waals surface area contributed by atoms with Crippen LogP contribution in [-0.4, -0.2) is 24.3 Å². The van der Waals surface area contributed by atoms with Gasteiger partial charge in [0.1, 0.15) is 5.82 Å². The molecule has 6 nitrogen and oxygen atoms in total. The van der Waals surface area contributed by atoms with Gasteiger partial charge in [-0.2, -0.15) is 0 Å². The van der Waals surface area contributed by atoms with Crippen LogP contribution in [0.5, 0.6) is 0 Å². The fourth-order valence-electron chi connectivity index (χ4n) is 2.67. The van der Waals surface area contributed by atoms with Crippen molar-refractivity contribution in [1.82, 2.24) is 10.9 Å². The van der Waals surface area contributed by atoms with Crippen molar-refractivity contribution in [3.05, 3.63) is 66.0 Å². The van der Waals surface area contributed by atoms with E-state index >= 15 is 0 Å². The van der Waals surface area contributed by atoms with E-state index in [1.165, 1.54) is 23.1 Å². The van der Waals surface area contributed by atoms with Gasteiger partial charge in [-0.15, -0.1) is 0 Å². The van der Waals surface area contributed by atoms with Crippen molar-refractivity contribution in [2.75, 3.05) is 11.4 Å². The van der Waals surface area contributed by atoms with Gasteiger partial charge < -0.3 is 4.90 Å². The van der Waals surface area contributed by atoms with Crippen LogP contribution in [0.2, 0.25) is 0 Å². The monoisotopic (exact) mass is 341 g/mol. The molecule has 3 amide bonds. The smallest absolute Gasteiger partial charge is 0.272 e. The third-order valence-corrected chi connectivity index (χ3v) is 3.98. The molecule has 128 valence electrons. The first kappa shape index (κ1) is 16.6. The topological polar surface area (TPSA) is 78.5 Å². The van der Waals surface area contributed by atoms with Crippen LogP contribution in [0.1, 0.15) is 16.8 Å². The van der Waals surface area contributed by atoms with Gasteiger partial charge >= 0.3 is 0 Å². The van der Waals surface area contributed by atoms with Crippen LogP contribution >= 0.6 is 0 Å². The predicted octanol–water partition coefficient (Wildman–Crippen LogP) is 1.64. The third kappa shape index (κ3) is 3.65. The van der Waals surface area contributed by atoms with E-state index in [1.54, 1.807) is 12.1 Å². The number of anilines is 1. The highest BCUT2D eigenvalue weighted by molar-refractivity contribution is 6.01. The molecule has 0 saturated carbocycles. The van der Waals surface area contributed by atoms with Gasteiger partial charge in [0.05, 0.1) is 11.5 Å². The van der Waals surface area contributed by atoms with E-state index in [4.69, 9.17) is 0 Å². The number of para-hydroxylation sites is 1. The molecule has 1 fully saturated rings. The number of carbonyl (C=O) groups excluding carboxylic acids is 3. The van der Waals surface area contributed by atoms with Crippen LogP contribution in [0.4, 0.5) is 10.1 Å². The van der Waals surface area contributed by atoms with Crippen LogP contribution in [0.3, 0.4) is 0 Å². The van der Waals surface area contributed by atoms with Crippen LogP contribution in [0.25, 0.3) is 0 Å². The summed E-state index contributed by atoms with van der Waals surface area (Å²) in [5.74, 6) is -2.67. The molecule has 1 unspecified atom stereocenters. The number of nitrogens with zero attached hydrogens (tertiary/aromatic N) is 1. The summed E-state index contributed by atoms with van der Waals surface area (Å²) < 4.78 is 13.5. The lowest BCUT2D eigenvalue weighted by Crippen LogP contribution is -2.45. The number of hydrogen-bond donors (Lipinski definition) is 2. The Labute approximate surface area is 143 Å². The van der Waals surface area contributed by atoms with Gasteiger partial charge in [0, 0.05) is 18.7 Å². The van der Waals surface area contributed by atoms with E-state index in [-0.39, 0.29) is 24.4 Å². The fraction of sp³-hybridized carbons (Fsp3) is 0.167. The SMILES string of the molecule is O=C(NNC(=O)C1CC(=O)N(c2ccccc2)C1)c1ccccc1F. The van der Waals surface area contributed by atoms with Crippen LogP contribution in [0, 0.1) is 11.7 Å². The molecule has 1 aliphatic rings. The Morgan fingerprint density at radius 2 is 1.68 bits per heavy atom. The largest absolute Gasteiger partial charge is 0.312 e. The number of benzene rings is 2. The van der Waals surface area contributed by atoms with E-state index in [2.05, 4.69) is 10.9 Å². The molecule has 2 N–H and O–H groups in total. The molecule has 7 heteroatoms. The van der Waals surface area contributed by atoms with Gasteiger partial charge in [0.15, 0.2) is 0 Å². The molecule has 0 aliphatic carbocycles. The molecule has 1 heterocycles. The number of rotatable bonds is 3. The van der Waals surface area contributed by atoms with Gasteiger partial charge in [-0.05, 0) is 24.3 Å². The van der Waals surface area contributed by atoms with Crippen molar-refractivity contribution < 1.29 is 18.8 Å². The first-order valence-electron chi connectivity index (χ1n) is 7.76. The Balaban J connectivity index is 1.58. The predicted molar refractivity (Wildman–Crippen MR) is 88.9 cm³/mol. The van der Waals surface area contributed by atoms with Crippen LogP contribution in [-0.2, 0) is 9.59 Å². The Hall–Kier alpha value is -3.22. The van der Waals surface area contributed by atoms with Gasteiger partial charge in [0.25, 0.3) is 5.91 Å². The molecule has 3 rings (SSSR count). The lowest BCUT2D eigenvalue weighted by molar-refractivity contribution is -0.126. The van der Waals surface area contributed by atoms with Crippen molar-refractivity contribution in [1.29, 1.82) is 0 Å². The van der Waals surface area contributed by atoms with E-state index in [0.717, 1.165) is 11.8 Å². The second kappa shape index (κ2) is 7.12. The minimum atomic E-state index is -0.754. The standard InChI is InChI=1S/C18H16FN3O3/c19-15-9-5-4-8-14(15)18(25)21-20-17(24)12-10-16(23)22(11-12)13-6-2-1-3-7-13/h1-9,12H,10-11H2,(H,20,24)(H,21,25). The first-order chi connectivity index (χ1) is 12.1. The van der Waals surface area contributed by atoms with Crippen LogP contribution in [0.15, 0.2) is 54.6 Å². The average molecular weight is 341 g/mol. The quantitative estimate of drug-likeness (QED) is 0.833. The fourth-order valence-corrected chi connectivity index (χ4v) is 2.67. The van der Waals surface area contributed by atoms with E-state index in [9.17, 15) is 18.8 Å². The van der Waals surface area contributed by atoms with E-state index in [0.29, 0.717) is 0 Å². The summed E-state index contributed by atoms with van der Waals surface area (Å²) in [7, 11) is 0. The molecule has 1 saturated heterocycles. The highest BCUT2D eigenvalue weighted by Crippen LogP contribution is 2.24. The maximum atomic E-state index is 13.5. The van der Waals surface area contributed by atoms with Crippen molar-refractivity contribution >= 4 is 23.4 Å². The van der Waals surface area contributed by atoms with Crippen molar-refractivity contribution in [2.24, 2.45) is 5.92 Å². The van der Waals surface area contributed by atoms with Gasteiger partial charge in [-0.3, -0.25) is 25.2 Å². The lowest BCUT2D eigenvalue weighted by atomic mass is 10.1. The summed E-state index contributed by atoms with van der Waals surface area (Å²) in [5.41, 5.74) is 4.99. The zero-order chi connectivity index (χ0) is 17.8. The summed E-state index contributed by atoms with van der Waals surface area (Å²) >= 11 is 0. The minimum absolute atomic E-state index is 0.0519. The van der Waals surface area contributed by atoms with E-state index < -0.39 is 23.5 Å². The van der Waals surface area contributed by atoms with Gasteiger partial charge in [-0.25, -0.2) is 4.39 Å². The normalized spacial score (nSPS) is 16.6. The molecule has 25 heavy (non-hydrogen) atoms. The highest BCUT2D eigenvalue weighted by atomic mass is 19.1. The molecular weight excluding hydrogens is 325 g/mol. The Morgan fingerprint density at radius 3 is 2.40 bits per heavy atom. The number of amides is 3. The number of nitrogens with one attached hydrogen (secondary N) is 2. The summed E-state index contributed by atoms with van der Waals surface area (Å²) in [6.07, 6.45) is 0.0519. The molecule has 0 spiro atoms. The summed E-state index contributed by atoms with van der Waals surface area (Å²) in [4.78, 5) is 37.7. The molecule has 0 radical (unpaired) electrons. The van der Waals surface area contributed by atoms with Gasteiger partial charge in [-0.1, -0.05) is 30.3 Å². The number of carbonyl (C=O) groups is 3. The Bertz CT molecular complexity index is 810. The number of hydrazine groups is 1. The zero-order valence-electron chi connectivity index (χ0n) is 13.2. The lowest BCUT2D eigenvalue weighted by Gasteiger charge is -2.16. The van der Waals surface area contributed by atoms with Crippen molar-refractivity contribution in [2.45, 2.75) is 6.42 Å². The molecule has 1 atom stereocenters. The summed E-state index contributed by atoms with van der Waals surface area (Å²) in [6.45, 7) is 0.226. The second-order valence-electron chi connectivity index (χ2n) is 5.66. The zero-order valence-corrected chi connectivity index (χ0v) is 13.2. The third-order valence-electron chi connectivity index (χ3n) is 3.98. The summed E-state index contributed by atoms with van der Waals surface area (Å²) in [5, 5.41) is 0. The van der Waals surface area contributed by atoms with Crippen molar-refractivity contribution in [3.63, 3.8) is 0 Å². The number of hydrogen-bond acceptors (Lipinski definition) is 3. The average Bonchev–Trinajstić information content (AvgIpc) is 3.02. The Morgan fingerprint density at radius 1 is 1.00 bits per heavy atom. The molecule has 2 aromatic rings. The molecule has 0 bridgehead atoms. The maximum Gasteiger partial charge on any atom is 0.272 e.